The van der Waals surface area contributed by atoms with Crippen molar-refractivity contribution in [3.8, 4) is 0 Å². The molecule has 1 spiro atoms. The Hall–Kier alpha value is -3.49. The summed E-state index contributed by atoms with van der Waals surface area (Å²) in [6.45, 7) is 9.09. The van der Waals surface area contributed by atoms with Crippen molar-refractivity contribution in [1.29, 1.82) is 0 Å². The SMILES string of the molecule is CCCCC(=O)O[C@H]1[C@@H](OC(C)=O)[C@@H](OC(C)=O)[C@]2(CO2)[C@@H]2C(OC(C)=O)[C@]3(O)[C@H](/C=C(CCl)\C=C\[C@H](OC(C)=O)[C@@]12C)OC(=O)[C@@H]3C. The fourth-order valence-electron chi connectivity index (χ4n) is 7.44. The molecule has 2 aliphatic heterocycles. The zero-order valence-electron chi connectivity index (χ0n) is 28.0. The highest BCUT2D eigenvalue weighted by molar-refractivity contribution is 6.19. The summed E-state index contributed by atoms with van der Waals surface area (Å²) in [7, 11) is 0. The van der Waals surface area contributed by atoms with Crippen molar-refractivity contribution < 1.29 is 67.0 Å². The number of carbonyl (C=O) groups is 6. The number of ether oxygens (including phenoxy) is 7. The molecule has 1 N–H and O–H groups in total. The zero-order chi connectivity index (χ0) is 35.8. The Labute approximate surface area is 283 Å². The molecule has 0 bridgehead atoms. The Balaban J connectivity index is 2.15. The smallest absolute Gasteiger partial charge is 0.312 e. The standard InChI is InChI=1S/C33H43ClO14/c1-8-9-10-24(39)48-27-25(44-18(4)36)28(45-19(5)37)32(15-42-32)26-29(46-20(6)38)33(41)16(2)30(40)47-23(33)13-21(14-34)11-12-22(31(26,27)7)43-17(3)35/h11-13,16,22-23,25-29,41H,8-10,14-15H2,1-7H3/b12-11+,21-13+/t16-,22-,23-,25+,26+,27-,28+,29?,31+,32-,33+/m0/s1. The number of hydrogen-bond donors (Lipinski definition) is 1. The molecule has 0 aromatic heterocycles. The van der Waals surface area contributed by atoms with Crippen LogP contribution in [0.3, 0.4) is 0 Å². The Bertz CT molecular complexity index is 1390. The van der Waals surface area contributed by atoms with E-state index >= 15 is 0 Å². The summed E-state index contributed by atoms with van der Waals surface area (Å²) >= 11 is 6.27. The van der Waals surface area contributed by atoms with E-state index in [1.54, 1.807) is 6.92 Å². The van der Waals surface area contributed by atoms with Gasteiger partial charge in [0.25, 0.3) is 0 Å². The van der Waals surface area contributed by atoms with Gasteiger partial charge in [-0.2, -0.15) is 0 Å². The fourth-order valence-corrected chi connectivity index (χ4v) is 7.62. The van der Waals surface area contributed by atoms with Gasteiger partial charge in [-0.05, 0) is 31.1 Å². The molecule has 48 heavy (non-hydrogen) atoms. The molecule has 0 amide bonds. The molecule has 266 valence electrons. The van der Waals surface area contributed by atoms with E-state index in [0.717, 1.165) is 27.7 Å². The number of esters is 6. The van der Waals surface area contributed by atoms with E-state index in [0.29, 0.717) is 18.4 Å². The number of alkyl halides is 1. The number of rotatable bonds is 9. The maximum Gasteiger partial charge on any atom is 0.312 e. The third kappa shape index (κ3) is 6.71. The Kier molecular flexibility index (Phi) is 11.0. The lowest BCUT2D eigenvalue weighted by atomic mass is 9.51. The molecular formula is C33H43ClO14. The van der Waals surface area contributed by atoms with Crippen LogP contribution < -0.4 is 0 Å². The van der Waals surface area contributed by atoms with Gasteiger partial charge in [-0.15, -0.1) is 11.6 Å². The summed E-state index contributed by atoms with van der Waals surface area (Å²) in [5, 5.41) is 12.7. The summed E-state index contributed by atoms with van der Waals surface area (Å²) in [4.78, 5) is 77.7. The summed E-state index contributed by atoms with van der Waals surface area (Å²) in [5.41, 5.74) is -5.51. The van der Waals surface area contributed by atoms with Gasteiger partial charge in [0.05, 0.1) is 17.9 Å². The van der Waals surface area contributed by atoms with Gasteiger partial charge in [0.15, 0.2) is 30.0 Å². The first-order valence-corrected chi connectivity index (χ1v) is 16.4. The van der Waals surface area contributed by atoms with Gasteiger partial charge in [0.2, 0.25) is 0 Å². The third-order valence-corrected chi connectivity index (χ3v) is 9.97. The van der Waals surface area contributed by atoms with E-state index in [1.807, 2.05) is 6.92 Å². The molecule has 0 radical (unpaired) electrons. The molecule has 1 saturated carbocycles. The molecule has 11 atom stereocenters. The Morgan fingerprint density at radius 3 is 2.04 bits per heavy atom. The van der Waals surface area contributed by atoms with Crippen molar-refractivity contribution in [3.05, 3.63) is 23.8 Å². The second-order valence-corrected chi connectivity index (χ2v) is 13.2. The van der Waals surface area contributed by atoms with Crippen LogP contribution in [0, 0.1) is 17.3 Å². The Morgan fingerprint density at radius 2 is 1.52 bits per heavy atom. The van der Waals surface area contributed by atoms with Crippen LogP contribution in [-0.2, 0) is 61.9 Å². The van der Waals surface area contributed by atoms with Crippen molar-refractivity contribution in [2.75, 3.05) is 12.5 Å². The maximum atomic E-state index is 13.5. The van der Waals surface area contributed by atoms with E-state index in [2.05, 4.69) is 0 Å². The summed E-state index contributed by atoms with van der Waals surface area (Å²) in [5.74, 6) is -7.67. The highest BCUT2D eigenvalue weighted by atomic mass is 35.5. The van der Waals surface area contributed by atoms with Crippen LogP contribution in [0.1, 0.15) is 67.7 Å². The van der Waals surface area contributed by atoms with Gasteiger partial charge < -0.3 is 38.3 Å². The lowest BCUT2D eigenvalue weighted by Gasteiger charge is -2.59. The molecule has 2 heterocycles. The quantitative estimate of drug-likeness (QED) is 0.160. The van der Waals surface area contributed by atoms with Crippen LogP contribution in [0.4, 0.5) is 0 Å². The first-order valence-electron chi connectivity index (χ1n) is 15.9. The minimum absolute atomic E-state index is 0.0492. The van der Waals surface area contributed by atoms with Crippen LogP contribution >= 0.6 is 11.6 Å². The van der Waals surface area contributed by atoms with E-state index in [1.165, 1.54) is 25.2 Å². The molecule has 15 heteroatoms. The van der Waals surface area contributed by atoms with Crippen LogP contribution in [0.15, 0.2) is 23.8 Å². The second-order valence-electron chi connectivity index (χ2n) is 13.0. The number of aliphatic hydroxyl groups is 1. The molecule has 2 saturated heterocycles. The minimum Gasteiger partial charge on any atom is -0.459 e. The predicted octanol–water partition coefficient (Wildman–Crippen LogP) is 2.25. The lowest BCUT2D eigenvalue weighted by Crippen LogP contribution is -2.76. The van der Waals surface area contributed by atoms with E-state index < -0.39 is 101 Å². The van der Waals surface area contributed by atoms with Crippen molar-refractivity contribution in [2.45, 2.75) is 116 Å². The van der Waals surface area contributed by atoms with Crippen LogP contribution in [0.5, 0.6) is 0 Å². The average Bonchev–Trinajstić information content (AvgIpc) is 3.75. The van der Waals surface area contributed by atoms with Crippen LogP contribution in [-0.4, -0.2) is 101 Å². The number of epoxide rings is 1. The molecule has 4 aliphatic rings. The van der Waals surface area contributed by atoms with Crippen LogP contribution in [0.25, 0.3) is 0 Å². The second kappa shape index (κ2) is 14.2. The van der Waals surface area contributed by atoms with E-state index in [-0.39, 0.29) is 18.9 Å². The number of allylic oxidation sites excluding steroid dienone is 2. The number of fused-ring (bicyclic) bond motifs is 3. The van der Waals surface area contributed by atoms with E-state index in [9.17, 15) is 33.9 Å². The number of carbonyl (C=O) groups excluding carboxylic acids is 6. The van der Waals surface area contributed by atoms with Crippen molar-refractivity contribution >= 4 is 47.4 Å². The summed E-state index contributed by atoms with van der Waals surface area (Å²) < 4.78 is 41.3. The van der Waals surface area contributed by atoms with Crippen molar-refractivity contribution in [3.63, 3.8) is 0 Å². The minimum atomic E-state index is -2.33. The Morgan fingerprint density at radius 1 is 0.938 bits per heavy atom. The number of hydrogen-bond acceptors (Lipinski definition) is 14. The van der Waals surface area contributed by atoms with Crippen LogP contribution in [0.2, 0.25) is 0 Å². The molecule has 0 aromatic carbocycles. The fraction of sp³-hybridized carbons (Fsp3) is 0.697. The van der Waals surface area contributed by atoms with Gasteiger partial charge in [0.1, 0.15) is 17.8 Å². The maximum absolute atomic E-state index is 13.5. The molecule has 0 aromatic rings. The first-order chi connectivity index (χ1) is 22.5. The van der Waals surface area contributed by atoms with Gasteiger partial charge in [-0.1, -0.05) is 26.3 Å². The lowest BCUT2D eigenvalue weighted by molar-refractivity contribution is -0.279. The topological polar surface area (TPSA) is 191 Å². The van der Waals surface area contributed by atoms with Crippen molar-refractivity contribution in [1.82, 2.24) is 0 Å². The van der Waals surface area contributed by atoms with Gasteiger partial charge >= 0.3 is 35.8 Å². The molecule has 4 rings (SSSR count). The largest absolute Gasteiger partial charge is 0.459 e. The average molecular weight is 699 g/mol. The highest BCUT2D eigenvalue weighted by Crippen LogP contribution is 2.63. The monoisotopic (exact) mass is 698 g/mol. The first kappa shape index (κ1) is 37.3. The highest BCUT2D eigenvalue weighted by Gasteiger charge is 2.81. The van der Waals surface area contributed by atoms with Gasteiger partial charge in [-0.3, -0.25) is 28.8 Å². The molecular weight excluding hydrogens is 656 g/mol. The molecule has 14 nitrogen and oxygen atoms in total. The summed E-state index contributed by atoms with van der Waals surface area (Å²) in [6.07, 6.45) is -3.74. The number of halogens is 1. The van der Waals surface area contributed by atoms with Gasteiger partial charge in [-0.25, -0.2) is 0 Å². The van der Waals surface area contributed by atoms with Crippen molar-refractivity contribution in [2.24, 2.45) is 17.3 Å². The zero-order valence-corrected chi connectivity index (χ0v) is 28.8. The molecule has 1 unspecified atom stereocenters. The number of unbranched alkanes of at least 4 members (excludes halogenated alkanes) is 1. The molecule has 3 fully saturated rings. The predicted molar refractivity (Wildman–Crippen MR) is 164 cm³/mol. The van der Waals surface area contributed by atoms with Gasteiger partial charge in [0, 0.05) is 45.9 Å². The third-order valence-electron chi connectivity index (χ3n) is 9.66. The van der Waals surface area contributed by atoms with E-state index in [4.69, 9.17) is 44.8 Å². The normalized spacial score (nSPS) is 40.1. The summed E-state index contributed by atoms with van der Waals surface area (Å²) in [6, 6.07) is 0. The molecule has 2 aliphatic carbocycles.